The maximum absolute atomic E-state index is 13.7. The number of hydrogen-bond donors (Lipinski definition) is 0. The molecule has 102 valence electrons. The molecule has 19 heavy (non-hydrogen) atoms. The van der Waals surface area contributed by atoms with E-state index in [-0.39, 0.29) is 5.56 Å². The third-order valence-corrected chi connectivity index (χ3v) is 2.31. The van der Waals surface area contributed by atoms with Crippen LogP contribution in [0.2, 0.25) is 0 Å². The van der Waals surface area contributed by atoms with Crippen molar-refractivity contribution >= 4 is 11.7 Å². The summed E-state index contributed by atoms with van der Waals surface area (Å²) in [4.78, 5) is 21.2. The number of methoxy groups -OCH3 is 1. The van der Waals surface area contributed by atoms with Crippen molar-refractivity contribution in [1.82, 2.24) is 0 Å². The third-order valence-electron chi connectivity index (χ3n) is 2.31. The smallest absolute Gasteiger partial charge is 0.338 e. The van der Waals surface area contributed by atoms with Gasteiger partial charge in [-0.05, 0) is 19.1 Å². The number of alkyl halides is 2. The largest absolute Gasteiger partial charge is 0.465 e. The first-order valence-corrected chi connectivity index (χ1v) is 5.21. The summed E-state index contributed by atoms with van der Waals surface area (Å²) in [6, 6.07) is 2.49. The number of nitro groups is 1. The number of allylic oxidation sites excluding steroid dienone is 2. The second kappa shape index (κ2) is 5.55. The molecule has 1 aromatic rings. The average Bonchev–Trinajstić information content (AvgIpc) is 2.37. The van der Waals surface area contributed by atoms with E-state index in [1.54, 1.807) is 0 Å². The standard InChI is InChI=1S/C12H11F2NO4/c1-3-4-12(13,14)9-5-8(11(16)19-2)6-10(7-9)15(17)18/h3-7H,1-2H3/b4-3+. The van der Waals surface area contributed by atoms with Gasteiger partial charge in [-0.25, -0.2) is 4.79 Å². The normalized spacial score (nSPS) is 11.6. The number of nitro benzene ring substituents is 1. The SMILES string of the molecule is C/C=C/C(F)(F)c1cc(C(=O)OC)cc([N+](=O)[O-])c1. The summed E-state index contributed by atoms with van der Waals surface area (Å²) in [6.07, 6.45) is 1.71. The van der Waals surface area contributed by atoms with Crippen molar-refractivity contribution in [2.75, 3.05) is 7.11 Å². The molecular weight excluding hydrogens is 260 g/mol. The van der Waals surface area contributed by atoms with Crippen molar-refractivity contribution in [2.45, 2.75) is 12.8 Å². The van der Waals surface area contributed by atoms with E-state index in [0.717, 1.165) is 31.4 Å². The van der Waals surface area contributed by atoms with Crippen molar-refractivity contribution in [3.63, 3.8) is 0 Å². The topological polar surface area (TPSA) is 69.4 Å². The maximum Gasteiger partial charge on any atom is 0.338 e. The zero-order valence-electron chi connectivity index (χ0n) is 10.2. The van der Waals surface area contributed by atoms with Crippen LogP contribution in [0.15, 0.2) is 30.4 Å². The van der Waals surface area contributed by atoms with E-state index in [9.17, 15) is 23.7 Å². The second-order valence-electron chi connectivity index (χ2n) is 3.64. The van der Waals surface area contributed by atoms with E-state index < -0.39 is 28.1 Å². The zero-order chi connectivity index (χ0) is 14.6. The van der Waals surface area contributed by atoms with Gasteiger partial charge in [-0.3, -0.25) is 10.1 Å². The summed E-state index contributed by atoms with van der Waals surface area (Å²) in [5, 5.41) is 10.7. The third kappa shape index (κ3) is 3.34. The molecule has 0 heterocycles. The first-order chi connectivity index (χ1) is 8.81. The van der Waals surface area contributed by atoms with Crippen molar-refractivity contribution in [3.05, 3.63) is 51.6 Å². The van der Waals surface area contributed by atoms with Gasteiger partial charge in [0, 0.05) is 17.7 Å². The van der Waals surface area contributed by atoms with Crippen LogP contribution in [0.1, 0.15) is 22.8 Å². The number of ether oxygens (including phenoxy) is 1. The number of hydrogen-bond acceptors (Lipinski definition) is 4. The van der Waals surface area contributed by atoms with Crippen molar-refractivity contribution < 1.29 is 23.2 Å². The van der Waals surface area contributed by atoms with Crippen LogP contribution in [0.4, 0.5) is 14.5 Å². The predicted molar refractivity (Wildman–Crippen MR) is 63.1 cm³/mol. The average molecular weight is 271 g/mol. The highest BCUT2D eigenvalue weighted by Crippen LogP contribution is 2.33. The van der Waals surface area contributed by atoms with E-state index in [0.29, 0.717) is 6.08 Å². The molecule has 0 unspecified atom stereocenters. The summed E-state index contributed by atoms with van der Waals surface area (Å²) in [5.74, 6) is -4.31. The number of esters is 1. The first kappa shape index (κ1) is 14.7. The Kier molecular flexibility index (Phi) is 4.31. The lowest BCUT2D eigenvalue weighted by Gasteiger charge is -2.13. The van der Waals surface area contributed by atoms with Gasteiger partial charge in [-0.2, -0.15) is 8.78 Å². The molecule has 0 amide bonds. The molecule has 1 aromatic carbocycles. The Balaban J connectivity index is 3.44. The molecule has 0 fully saturated rings. The van der Waals surface area contributed by atoms with Crippen LogP contribution < -0.4 is 0 Å². The number of benzene rings is 1. The Hall–Kier alpha value is -2.31. The highest BCUT2D eigenvalue weighted by Gasteiger charge is 2.31. The number of rotatable bonds is 4. The van der Waals surface area contributed by atoms with Crippen LogP contribution in [-0.4, -0.2) is 18.0 Å². The highest BCUT2D eigenvalue weighted by molar-refractivity contribution is 5.90. The van der Waals surface area contributed by atoms with E-state index in [1.807, 2.05) is 0 Å². The Morgan fingerprint density at radius 2 is 2.05 bits per heavy atom. The van der Waals surface area contributed by atoms with Crippen molar-refractivity contribution in [3.8, 4) is 0 Å². The van der Waals surface area contributed by atoms with Crippen LogP contribution >= 0.6 is 0 Å². The lowest BCUT2D eigenvalue weighted by molar-refractivity contribution is -0.385. The number of non-ortho nitro benzene ring substituents is 1. The van der Waals surface area contributed by atoms with E-state index in [1.165, 1.54) is 6.92 Å². The fraction of sp³-hybridized carbons (Fsp3) is 0.250. The fourth-order valence-electron chi connectivity index (χ4n) is 1.45. The van der Waals surface area contributed by atoms with Crippen LogP contribution in [0, 0.1) is 10.1 Å². The second-order valence-corrected chi connectivity index (χ2v) is 3.64. The van der Waals surface area contributed by atoms with Crippen LogP contribution in [0.5, 0.6) is 0 Å². The quantitative estimate of drug-likeness (QED) is 0.365. The van der Waals surface area contributed by atoms with Gasteiger partial charge in [0.25, 0.3) is 11.6 Å². The summed E-state index contributed by atoms with van der Waals surface area (Å²) in [6.45, 7) is 1.40. The van der Waals surface area contributed by atoms with Crippen LogP contribution in [0.3, 0.4) is 0 Å². The van der Waals surface area contributed by atoms with Gasteiger partial charge in [0.15, 0.2) is 0 Å². The molecule has 0 bridgehead atoms. The minimum Gasteiger partial charge on any atom is -0.465 e. The van der Waals surface area contributed by atoms with Crippen LogP contribution in [-0.2, 0) is 10.7 Å². The molecular formula is C12H11F2NO4. The van der Waals surface area contributed by atoms with Gasteiger partial charge < -0.3 is 4.74 Å². The minimum atomic E-state index is -3.40. The monoisotopic (exact) mass is 271 g/mol. The molecule has 1 rings (SSSR count). The summed E-state index contributed by atoms with van der Waals surface area (Å²) in [5.41, 5.74) is -1.53. The molecule has 0 aliphatic carbocycles. The molecule has 0 aliphatic rings. The number of nitrogens with zero attached hydrogens (tertiary/aromatic N) is 1. The zero-order valence-corrected chi connectivity index (χ0v) is 10.2. The lowest BCUT2D eigenvalue weighted by Crippen LogP contribution is -2.12. The van der Waals surface area contributed by atoms with Gasteiger partial charge in [0.2, 0.25) is 0 Å². The molecule has 0 N–H and O–H groups in total. The molecule has 0 radical (unpaired) electrons. The van der Waals surface area contributed by atoms with Gasteiger partial charge in [-0.15, -0.1) is 0 Å². The van der Waals surface area contributed by atoms with E-state index >= 15 is 0 Å². The Morgan fingerprint density at radius 1 is 1.42 bits per heavy atom. The molecule has 7 heteroatoms. The first-order valence-electron chi connectivity index (χ1n) is 5.21. The predicted octanol–water partition coefficient (Wildman–Crippen LogP) is 3.05. The Labute approximate surface area is 107 Å². The highest BCUT2D eigenvalue weighted by atomic mass is 19.3. The lowest BCUT2D eigenvalue weighted by atomic mass is 10.0. The van der Waals surface area contributed by atoms with Gasteiger partial charge in [0.1, 0.15) is 0 Å². The molecule has 0 saturated carbocycles. The fourth-order valence-corrected chi connectivity index (χ4v) is 1.45. The summed E-state index contributed by atoms with van der Waals surface area (Å²) in [7, 11) is 1.06. The van der Waals surface area contributed by atoms with Crippen molar-refractivity contribution in [1.29, 1.82) is 0 Å². The van der Waals surface area contributed by atoms with Crippen LogP contribution in [0.25, 0.3) is 0 Å². The molecule has 0 spiro atoms. The molecule has 0 saturated heterocycles. The summed E-state index contributed by atoms with van der Waals surface area (Å²) >= 11 is 0. The number of carbonyl (C=O) groups excluding carboxylic acids is 1. The van der Waals surface area contributed by atoms with Crippen molar-refractivity contribution in [2.24, 2.45) is 0 Å². The van der Waals surface area contributed by atoms with Gasteiger partial charge >= 0.3 is 5.97 Å². The molecule has 5 nitrogen and oxygen atoms in total. The van der Waals surface area contributed by atoms with Gasteiger partial charge in [0.05, 0.1) is 17.6 Å². The van der Waals surface area contributed by atoms with E-state index in [2.05, 4.69) is 4.74 Å². The minimum absolute atomic E-state index is 0.295. The Bertz CT molecular complexity index is 541. The molecule has 0 atom stereocenters. The van der Waals surface area contributed by atoms with E-state index in [4.69, 9.17) is 0 Å². The number of halogens is 2. The van der Waals surface area contributed by atoms with Gasteiger partial charge in [-0.1, -0.05) is 6.08 Å². The Morgan fingerprint density at radius 3 is 2.53 bits per heavy atom. The summed E-state index contributed by atoms with van der Waals surface area (Å²) < 4.78 is 31.7. The number of carbonyl (C=O) groups is 1. The molecule has 0 aromatic heterocycles. The maximum atomic E-state index is 13.7. The molecule has 0 aliphatic heterocycles.